The van der Waals surface area contributed by atoms with Crippen LogP contribution in [0.2, 0.25) is 0 Å². The van der Waals surface area contributed by atoms with E-state index < -0.39 is 26.7 Å². The minimum absolute atomic E-state index is 0.0633. The highest BCUT2D eigenvalue weighted by Gasteiger charge is 2.34. The largest absolute Gasteiger partial charge is 0.337 e. The number of rotatable bonds is 4. The Labute approximate surface area is 158 Å². The summed E-state index contributed by atoms with van der Waals surface area (Å²) in [6.45, 7) is 3.96. The molecule has 1 saturated heterocycles. The van der Waals surface area contributed by atoms with Gasteiger partial charge in [0.2, 0.25) is 10.0 Å². The average Bonchev–Trinajstić information content (AvgIpc) is 2.61. The van der Waals surface area contributed by atoms with Crippen molar-refractivity contribution < 1.29 is 13.2 Å². The van der Waals surface area contributed by atoms with Gasteiger partial charge in [0.15, 0.2) is 0 Å². The number of nitrogens with zero attached hydrogens (tertiary/aromatic N) is 1. The van der Waals surface area contributed by atoms with Crippen molar-refractivity contribution in [3.8, 4) is 0 Å². The van der Waals surface area contributed by atoms with Crippen LogP contribution in [-0.4, -0.2) is 42.5 Å². The molecule has 0 aliphatic carbocycles. The van der Waals surface area contributed by atoms with Gasteiger partial charge in [0, 0.05) is 24.5 Å². The molecule has 27 heavy (non-hydrogen) atoms. The molecule has 1 unspecified atom stereocenters. The van der Waals surface area contributed by atoms with E-state index in [0.29, 0.717) is 36.3 Å². The number of piperidine rings is 1. The molecule has 1 aliphatic rings. The number of anilines is 1. The van der Waals surface area contributed by atoms with Crippen LogP contribution in [-0.2, 0) is 10.0 Å². The van der Waals surface area contributed by atoms with Crippen molar-refractivity contribution >= 4 is 21.6 Å². The highest BCUT2D eigenvalue weighted by atomic mass is 32.2. The molecule has 1 aromatic heterocycles. The maximum absolute atomic E-state index is 12.9. The lowest BCUT2D eigenvalue weighted by atomic mass is 10.1. The van der Waals surface area contributed by atoms with Gasteiger partial charge in [-0.3, -0.25) is 14.3 Å². The fourth-order valence-corrected chi connectivity index (χ4v) is 4.89. The molecule has 144 valence electrons. The Bertz CT molecular complexity index is 999. The monoisotopic (exact) mass is 389 g/mol. The van der Waals surface area contributed by atoms with Crippen LogP contribution in [0, 0.1) is 13.8 Å². The zero-order valence-corrected chi connectivity index (χ0v) is 16.2. The minimum atomic E-state index is -3.64. The third-order valence-electron chi connectivity index (χ3n) is 4.72. The summed E-state index contributed by atoms with van der Waals surface area (Å²) in [6.07, 6.45) is 1.03. The lowest BCUT2D eigenvalue weighted by molar-refractivity contribution is 0.0724. The van der Waals surface area contributed by atoms with Crippen molar-refractivity contribution in [1.82, 2.24) is 9.88 Å². The topological polar surface area (TPSA) is 99.3 Å². The number of benzene rings is 1. The molecule has 0 radical (unpaired) electrons. The highest BCUT2D eigenvalue weighted by Crippen LogP contribution is 2.21. The molecule has 1 aromatic carbocycles. The van der Waals surface area contributed by atoms with Gasteiger partial charge in [-0.1, -0.05) is 18.2 Å². The molecule has 2 N–H and O–H groups in total. The second-order valence-electron chi connectivity index (χ2n) is 6.87. The number of para-hydroxylation sites is 1. The second-order valence-corrected chi connectivity index (χ2v) is 8.83. The number of hydrogen-bond acceptors (Lipinski definition) is 4. The van der Waals surface area contributed by atoms with Gasteiger partial charge in [0.25, 0.3) is 11.5 Å². The number of amides is 1. The van der Waals surface area contributed by atoms with Crippen LogP contribution in [0.25, 0.3) is 0 Å². The number of carbonyl (C=O) groups excluding carboxylic acids is 1. The van der Waals surface area contributed by atoms with E-state index >= 15 is 0 Å². The summed E-state index contributed by atoms with van der Waals surface area (Å²) < 4.78 is 28.0. The van der Waals surface area contributed by atoms with E-state index in [0.717, 1.165) is 0 Å². The zero-order valence-electron chi connectivity index (χ0n) is 15.4. The van der Waals surface area contributed by atoms with Crippen molar-refractivity contribution in [2.45, 2.75) is 31.9 Å². The summed E-state index contributed by atoms with van der Waals surface area (Å²) in [7, 11) is -3.64. The second kappa shape index (κ2) is 7.56. The molecule has 0 spiro atoms. The fourth-order valence-electron chi connectivity index (χ4n) is 3.41. The number of H-pyrrole nitrogens is 1. The van der Waals surface area contributed by atoms with Crippen LogP contribution in [0.4, 0.5) is 5.69 Å². The van der Waals surface area contributed by atoms with E-state index in [2.05, 4.69) is 9.71 Å². The van der Waals surface area contributed by atoms with E-state index in [1.807, 2.05) is 0 Å². The predicted octanol–water partition coefficient (Wildman–Crippen LogP) is 2.04. The molecule has 0 bridgehead atoms. The third kappa shape index (κ3) is 4.21. The molecular weight excluding hydrogens is 366 g/mol. The maximum atomic E-state index is 12.9. The number of aromatic nitrogens is 1. The molecule has 1 aliphatic heterocycles. The number of hydrogen-bond donors (Lipinski definition) is 2. The first kappa shape index (κ1) is 19.2. The number of carbonyl (C=O) groups is 1. The molecule has 8 heteroatoms. The van der Waals surface area contributed by atoms with Gasteiger partial charge in [-0.05, 0) is 50.5 Å². The van der Waals surface area contributed by atoms with Crippen molar-refractivity contribution in [1.29, 1.82) is 0 Å². The van der Waals surface area contributed by atoms with Gasteiger partial charge in [0.05, 0.1) is 5.25 Å². The minimum Gasteiger partial charge on any atom is -0.337 e. The van der Waals surface area contributed by atoms with Crippen LogP contribution in [0.5, 0.6) is 0 Å². The van der Waals surface area contributed by atoms with Crippen LogP contribution in [0.3, 0.4) is 0 Å². The molecular formula is C19H23N3O4S. The van der Waals surface area contributed by atoms with Gasteiger partial charge in [-0.2, -0.15) is 0 Å². The first-order valence-electron chi connectivity index (χ1n) is 8.84. The first-order chi connectivity index (χ1) is 12.8. The van der Waals surface area contributed by atoms with Gasteiger partial charge in [-0.25, -0.2) is 8.42 Å². The summed E-state index contributed by atoms with van der Waals surface area (Å²) in [4.78, 5) is 29.2. The normalized spacial score (nSPS) is 17.6. The fraction of sp³-hybridized carbons (Fsp3) is 0.368. The van der Waals surface area contributed by atoms with E-state index in [-0.39, 0.29) is 12.1 Å². The smallest absolute Gasteiger partial charge is 0.261 e. The summed E-state index contributed by atoms with van der Waals surface area (Å²) in [5, 5.41) is -0.722. The number of sulfonamides is 1. The van der Waals surface area contributed by atoms with Crippen LogP contribution >= 0.6 is 0 Å². The summed E-state index contributed by atoms with van der Waals surface area (Å²) in [5.74, 6) is -0.423. The van der Waals surface area contributed by atoms with Gasteiger partial charge >= 0.3 is 0 Å². The number of nitrogens with one attached hydrogen (secondary N) is 2. The average molecular weight is 389 g/mol. The quantitative estimate of drug-likeness (QED) is 0.836. The molecule has 1 amide bonds. The zero-order chi connectivity index (χ0) is 19.6. The highest BCUT2D eigenvalue weighted by molar-refractivity contribution is 7.93. The molecule has 3 rings (SSSR count). The Balaban J connectivity index is 1.80. The number of pyridine rings is 1. The summed E-state index contributed by atoms with van der Waals surface area (Å²) in [6, 6.07) is 10.4. The van der Waals surface area contributed by atoms with Crippen molar-refractivity contribution in [3.63, 3.8) is 0 Å². The van der Waals surface area contributed by atoms with Crippen LogP contribution < -0.4 is 10.3 Å². The third-order valence-corrected chi connectivity index (χ3v) is 6.50. The number of likely N-dealkylation sites (tertiary alicyclic amines) is 1. The Hall–Kier alpha value is -2.61. The van der Waals surface area contributed by atoms with Crippen LogP contribution in [0.1, 0.15) is 34.5 Å². The number of aromatic amines is 1. The maximum Gasteiger partial charge on any atom is 0.261 e. The Morgan fingerprint density at radius 2 is 1.93 bits per heavy atom. The van der Waals surface area contributed by atoms with Crippen molar-refractivity contribution in [2.75, 3.05) is 17.8 Å². The molecule has 7 nitrogen and oxygen atoms in total. The van der Waals surface area contributed by atoms with Gasteiger partial charge in [-0.15, -0.1) is 0 Å². The van der Waals surface area contributed by atoms with Gasteiger partial charge < -0.3 is 9.88 Å². The number of aryl methyl sites for hydroxylation is 2. The predicted molar refractivity (Wildman–Crippen MR) is 104 cm³/mol. The molecule has 2 aromatic rings. The van der Waals surface area contributed by atoms with E-state index in [9.17, 15) is 18.0 Å². The van der Waals surface area contributed by atoms with Crippen LogP contribution in [0.15, 0.2) is 41.2 Å². The lowest BCUT2D eigenvalue weighted by Gasteiger charge is -2.32. The standard InChI is InChI=1S/C19H23N3O4S/c1-13-11-14(2)20-18(23)17(13)19(24)22-10-6-9-16(12-22)27(25,26)21-15-7-4-3-5-8-15/h3-5,7-8,11,16,21H,6,9-10,12H2,1-2H3,(H,20,23). The Kier molecular flexibility index (Phi) is 5.36. The Morgan fingerprint density at radius 3 is 2.59 bits per heavy atom. The van der Waals surface area contributed by atoms with Gasteiger partial charge in [0.1, 0.15) is 5.56 Å². The molecule has 0 saturated carbocycles. The first-order valence-corrected chi connectivity index (χ1v) is 10.4. The summed E-state index contributed by atoms with van der Waals surface area (Å²) in [5.41, 5.74) is 1.40. The SMILES string of the molecule is Cc1cc(C)c(C(=O)N2CCCC(S(=O)(=O)Nc3ccccc3)C2)c(=O)[nH]1. The molecule has 2 heterocycles. The van der Waals surface area contributed by atoms with E-state index in [1.54, 1.807) is 50.2 Å². The molecule has 1 atom stereocenters. The summed E-state index contributed by atoms with van der Waals surface area (Å²) >= 11 is 0. The Morgan fingerprint density at radius 1 is 1.22 bits per heavy atom. The van der Waals surface area contributed by atoms with E-state index in [4.69, 9.17) is 0 Å². The van der Waals surface area contributed by atoms with E-state index in [1.165, 1.54) is 4.90 Å². The van der Waals surface area contributed by atoms with Crippen molar-refractivity contribution in [3.05, 3.63) is 63.6 Å². The van der Waals surface area contributed by atoms with Crippen molar-refractivity contribution in [2.24, 2.45) is 0 Å². The lowest BCUT2D eigenvalue weighted by Crippen LogP contribution is -2.47. The molecule has 1 fully saturated rings.